The Balaban J connectivity index is 4.10. The average molecular weight is 620 g/mol. The summed E-state index contributed by atoms with van der Waals surface area (Å²) in [6.07, 6.45) is 41.7. The van der Waals surface area contributed by atoms with Crippen LogP contribution in [0.25, 0.3) is 0 Å². The van der Waals surface area contributed by atoms with Gasteiger partial charge in [0.1, 0.15) is 0 Å². The molecule has 7 heteroatoms. The average Bonchev–Trinajstić information content (AvgIpc) is 2.96. The SMILES string of the molecule is CC/C=C\C/C=C\C/C=C\CCCCCCCCCC(=O)NC(CS(=O)(=O)O)C(O)/C=C/CC/C=C/CC/C=C/CCC. The Morgan fingerprint density at radius 3 is 1.72 bits per heavy atom. The summed E-state index contributed by atoms with van der Waals surface area (Å²) in [5.41, 5.74) is 0. The molecule has 3 N–H and O–H groups in total. The summed E-state index contributed by atoms with van der Waals surface area (Å²) >= 11 is 0. The molecule has 0 bridgehead atoms. The van der Waals surface area contributed by atoms with E-state index in [0.29, 0.717) is 12.8 Å². The van der Waals surface area contributed by atoms with Crippen LogP contribution >= 0.6 is 0 Å². The van der Waals surface area contributed by atoms with Crippen molar-refractivity contribution in [3.63, 3.8) is 0 Å². The molecule has 246 valence electrons. The van der Waals surface area contributed by atoms with E-state index < -0.39 is 28.0 Å². The largest absolute Gasteiger partial charge is 0.387 e. The zero-order chi connectivity index (χ0) is 31.9. The number of aliphatic hydroxyl groups is 1. The molecule has 0 aliphatic rings. The maximum Gasteiger partial charge on any atom is 0.267 e. The van der Waals surface area contributed by atoms with Gasteiger partial charge in [-0.2, -0.15) is 8.42 Å². The maximum atomic E-state index is 12.4. The number of carbonyl (C=O) groups excluding carboxylic acids is 1. The second-order valence-corrected chi connectivity index (χ2v) is 12.5. The molecule has 0 radical (unpaired) electrons. The Labute approximate surface area is 264 Å². The quantitative estimate of drug-likeness (QED) is 0.0460. The number of amides is 1. The van der Waals surface area contributed by atoms with E-state index in [0.717, 1.165) is 77.0 Å². The lowest BCUT2D eigenvalue weighted by molar-refractivity contribution is -0.122. The minimum atomic E-state index is -4.36. The number of allylic oxidation sites excluding steroid dienone is 11. The highest BCUT2D eigenvalue weighted by Gasteiger charge is 2.24. The summed E-state index contributed by atoms with van der Waals surface area (Å²) in [5, 5.41) is 13.1. The van der Waals surface area contributed by atoms with Crippen LogP contribution in [0, 0.1) is 0 Å². The summed E-state index contributed by atoms with van der Waals surface area (Å²) in [5.74, 6) is -1.03. The van der Waals surface area contributed by atoms with Gasteiger partial charge in [0.25, 0.3) is 10.1 Å². The van der Waals surface area contributed by atoms with Gasteiger partial charge in [-0.1, -0.05) is 125 Å². The first kappa shape index (κ1) is 40.8. The summed E-state index contributed by atoms with van der Waals surface area (Å²) in [7, 11) is -4.36. The van der Waals surface area contributed by atoms with Crippen molar-refractivity contribution >= 4 is 16.0 Å². The third-order valence-corrected chi connectivity index (χ3v) is 7.61. The van der Waals surface area contributed by atoms with Crippen molar-refractivity contribution in [2.45, 2.75) is 142 Å². The number of unbranched alkanes of at least 4 members (excludes halogenated alkanes) is 10. The van der Waals surface area contributed by atoms with E-state index in [2.05, 4.69) is 79.9 Å². The third-order valence-electron chi connectivity index (χ3n) is 6.83. The monoisotopic (exact) mass is 619 g/mol. The van der Waals surface area contributed by atoms with Crippen LogP contribution in [0.2, 0.25) is 0 Å². The summed E-state index contributed by atoms with van der Waals surface area (Å²) in [6, 6.07) is -1.09. The van der Waals surface area contributed by atoms with E-state index >= 15 is 0 Å². The summed E-state index contributed by atoms with van der Waals surface area (Å²) in [6.45, 7) is 4.30. The molecule has 1 amide bonds. The highest BCUT2D eigenvalue weighted by molar-refractivity contribution is 7.85. The Hall–Kier alpha value is -2.22. The molecule has 0 spiro atoms. The minimum Gasteiger partial charge on any atom is -0.387 e. The van der Waals surface area contributed by atoms with Gasteiger partial charge >= 0.3 is 0 Å². The van der Waals surface area contributed by atoms with Crippen LogP contribution in [0.4, 0.5) is 0 Å². The van der Waals surface area contributed by atoms with E-state index in [1.54, 1.807) is 6.08 Å². The highest BCUT2D eigenvalue weighted by Crippen LogP contribution is 2.11. The highest BCUT2D eigenvalue weighted by atomic mass is 32.2. The van der Waals surface area contributed by atoms with Gasteiger partial charge in [0.05, 0.1) is 17.9 Å². The molecule has 0 saturated carbocycles. The fraction of sp³-hybridized carbons (Fsp3) is 0.639. The molecule has 0 aliphatic heterocycles. The molecular formula is C36H61NO5S. The topological polar surface area (TPSA) is 104 Å². The van der Waals surface area contributed by atoms with Gasteiger partial charge in [0.2, 0.25) is 5.91 Å². The fourth-order valence-corrected chi connectivity index (χ4v) is 5.12. The van der Waals surface area contributed by atoms with Crippen LogP contribution in [0.15, 0.2) is 72.9 Å². The van der Waals surface area contributed by atoms with Gasteiger partial charge in [-0.15, -0.1) is 0 Å². The van der Waals surface area contributed by atoms with Gasteiger partial charge in [-0.05, 0) is 70.6 Å². The number of carbonyl (C=O) groups is 1. The normalized spacial score (nSPS) is 14.4. The lowest BCUT2D eigenvalue weighted by atomic mass is 10.1. The Morgan fingerprint density at radius 1 is 0.651 bits per heavy atom. The molecule has 0 heterocycles. The molecule has 6 nitrogen and oxygen atoms in total. The Morgan fingerprint density at radius 2 is 1.14 bits per heavy atom. The van der Waals surface area contributed by atoms with Crippen molar-refractivity contribution in [3.05, 3.63) is 72.9 Å². The molecular weight excluding hydrogens is 558 g/mol. The van der Waals surface area contributed by atoms with Crippen LogP contribution in [-0.2, 0) is 14.9 Å². The van der Waals surface area contributed by atoms with Crippen molar-refractivity contribution in [1.29, 1.82) is 0 Å². The molecule has 0 rings (SSSR count). The molecule has 0 aliphatic carbocycles. The van der Waals surface area contributed by atoms with Crippen molar-refractivity contribution in [2.75, 3.05) is 5.75 Å². The van der Waals surface area contributed by atoms with Crippen LogP contribution in [0.1, 0.15) is 129 Å². The number of hydrogen-bond acceptors (Lipinski definition) is 4. The molecule has 0 aromatic heterocycles. The first-order chi connectivity index (χ1) is 20.8. The molecule has 0 saturated heterocycles. The van der Waals surface area contributed by atoms with Crippen molar-refractivity contribution in [3.8, 4) is 0 Å². The molecule has 43 heavy (non-hydrogen) atoms. The zero-order valence-corrected chi connectivity index (χ0v) is 27.9. The van der Waals surface area contributed by atoms with Gasteiger partial charge in [-0.3, -0.25) is 9.35 Å². The number of aliphatic hydroxyl groups excluding tert-OH is 1. The van der Waals surface area contributed by atoms with Crippen molar-refractivity contribution < 1.29 is 22.9 Å². The van der Waals surface area contributed by atoms with E-state index in [4.69, 9.17) is 0 Å². The molecule has 2 atom stereocenters. The van der Waals surface area contributed by atoms with E-state index in [1.807, 2.05) is 0 Å². The molecule has 2 unspecified atom stereocenters. The fourth-order valence-electron chi connectivity index (χ4n) is 4.38. The second kappa shape index (κ2) is 29.8. The number of hydrogen-bond donors (Lipinski definition) is 3. The second-order valence-electron chi connectivity index (χ2n) is 11.0. The lowest BCUT2D eigenvalue weighted by Gasteiger charge is -2.21. The predicted octanol–water partition coefficient (Wildman–Crippen LogP) is 9.12. The van der Waals surface area contributed by atoms with Crippen LogP contribution in [0.5, 0.6) is 0 Å². The summed E-state index contributed by atoms with van der Waals surface area (Å²) in [4.78, 5) is 12.4. The minimum absolute atomic E-state index is 0.269. The van der Waals surface area contributed by atoms with Crippen LogP contribution in [-0.4, -0.2) is 41.9 Å². The van der Waals surface area contributed by atoms with E-state index in [9.17, 15) is 22.9 Å². The smallest absolute Gasteiger partial charge is 0.267 e. The van der Waals surface area contributed by atoms with Crippen LogP contribution in [0.3, 0.4) is 0 Å². The Kier molecular flexibility index (Phi) is 28.3. The van der Waals surface area contributed by atoms with Gasteiger partial charge in [0, 0.05) is 6.42 Å². The van der Waals surface area contributed by atoms with E-state index in [-0.39, 0.29) is 12.3 Å². The first-order valence-corrected chi connectivity index (χ1v) is 18.2. The zero-order valence-electron chi connectivity index (χ0n) is 27.0. The molecule has 0 aromatic rings. The predicted molar refractivity (Wildman–Crippen MR) is 184 cm³/mol. The number of rotatable bonds is 28. The van der Waals surface area contributed by atoms with Gasteiger partial charge < -0.3 is 10.4 Å². The van der Waals surface area contributed by atoms with Crippen LogP contribution < -0.4 is 5.32 Å². The Bertz CT molecular complexity index is 947. The summed E-state index contributed by atoms with van der Waals surface area (Å²) < 4.78 is 32.2. The molecule has 0 fully saturated rings. The van der Waals surface area contributed by atoms with Gasteiger partial charge in [0.15, 0.2) is 0 Å². The molecule has 0 aromatic carbocycles. The third kappa shape index (κ3) is 31.0. The van der Waals surface area contributed by atoms with Crippen molar-refractivity contribution in [2.24, 2.45) is 0 Å². The standard InChI is InChI=1S/C36H61NO5S/c1-3-5-7-9-11-13-15-16-17-18-19-20-22-24-26-28-30-32-36(39)37-34(33-43(40,41)42)35(38)31-29-27-25-23-21-14-12-10-8-6-4-2/h5,7-8,10-11,13,16-17,21,23,29,31,34-35,38H,3-4,6,9,12,14-15,18-20,22,24-28,30,32-33H2,1-2H3,(H,37,39)(H,40,41,42)/b7-5-,10-8+,13-11-,17-16-,23-21+,31-29+. The lowest BCUT2D eigenvalue weighted by Crippen LogP contribution is -2.46. The van der Waals surface area contributed by atoms with Crippen molar-refractivity contribution in [1.82, 2.24) is 5.32 Å². The first-order valence-electron chi connectivity index (χ1n) is 16.6. The van der Waals surface area contributed by atoms with E-state index in [1.165, 1.54) is 25.3 Å². The van der Waals surface area contributed by atoms with Gasteiger partial charge in [-0.25, -0.2) is 0 Å². The maximum absolute atomic E-state index is 12.4. The number of nitrogens with one attached hydrogen (secondary N) is 1.